The van der Waals surface area contributed by atoms with E-state index in [9.17, 15) is 22.7 Å². The van der Waals surface area contributed by atoms with Gasteiger partial charge in [0.1, 0.15) is 11.9 Å². The summed E-state index contributed by atoms with van der Waals surface area (Å²) in [6.45, 7) is 1.07. The topological polar surface area (TPSA) is 77.9 Å². The van der Waals surface area contributed by atoms with Crippen molar-refractivity contribution in [1.82, 2.24) is 9.21 Å². The summed E-state index contributed by atoms with van der Waals surface area (Å²) >= 11 is 0. The van der Waals surface area contributed by atoms with Crippen LogP contribution in [0.3, 0.4) is 0 Å². The van der Waals surface area contributed by atoms with E-state index in [4.69, 9.17) is 0 Å². The van der Waals surface area contributed by atoms with Gasteiger partial charge in [0, 0.05) is 26.1 Å². The van der Waals surface area contributed by atoms with Gasteiger partial charge in [-0.25, -0.2) is 12.8 Å². The number of hydrogen-bond acceptors (Lipinski definition) is 4. The second-order valence-electron chi connectivity index (χ2n) is 7.35. The van der Waals surface area contributed by atoms with Gasteiger partial charge < -0.3 is 10.0 Å². The summed E-state index contributed by atoms with van der Waals surface area (Å²) in [4.78, 5) is 14.4. The lowest BCUT2D eigenvalue weighted by atomic mass is 9.85. The predicted molar refractivity (Wildman–Crippen MR) is 95.4 cm³/mol. The molecule has 0 saturated carbocycles. The lowest BCUT2D eigenvalue weighted by Gasteiger charge is -2.40. The van der Waals surface area contributed by atoms with Crippen LogP contribution in [0.2, 0.25) is 0 Å². The van der Waals surface area contributed by atoms with E-state index < -0.39 is 21.7 Å². The van der Waals surface area contributed by atoms with Crippen LogP contribution in [0.25, 0.3) is 0 Å². The molecule has 1 amide bonds. The number of hydrogen-bond donors (Lipinski definition) is 1. The van der Waals surface area contributed by atoms with Crippen molar-refractivity contribution in [2.75, 3.05) is 25.9 Å². The maximum Gasteiger partial charge on any atom is 0.241 e. The molecule has 0 spiro atoms. The maximum absolute atomic E-state index is 13.8. The summed E-state index contributed by atoms with van der Waals surface area (Å²) in [6.07, 6.45) is 3.23. The molecule has 144 valence electrons. The van der Waals surface area contributed by atoms with Crippen molar-refractivity contribution in [3.63, 3.8) is 0 Å². The van der Waals surface area contributed by atoms with E-state index in [0.29, 0.717) is 50.9 Å². The fourth-order valence-electron chi connectivity index (χ4n) is 3.91. The van der Waals surface area contributed by atoms with Gasteiger partial charge in [0.05, 0.1) is 11.9 Å². The Morgan fingerprint density at radius 1 is 1.27 bits per heavy atom. The number of aliphatic hydroxyl groups is 1. The molecule has 6 nitrogen and oxygen atoms in total. The van der Waals surface area contributed by atoms with E-state index in [2.05, 4.69) is 0 Å². The summed E-state index contributed by atoms with van der Waals surface area (Å²) in [7, 11) is -3.41. The summed E-state index contributed by atoms with van der Waals surface area (Å²) in [5.74, 6) is -0.532. The van der Waals surface area contributed by atoms with Crippen molar-refractivity contribution < 1.29 is 22.7 Å². The second kappa shape index (κ2) is 7.25. The summed E-state index contributed by atoms with van der Waals surface area (Å²) in [5, 5.41) is 10.8. The molecule has 1 aromatic rings. The van der Waals surface area contributed by atoms with Crippen LogP contribution in [-0.4, -0.2) is 66.2 Å². The summed E-state index contributed by atoms with van der Waals surface area (Å²) < 4.78 is 38.8. The number of benzene rings is 1. The minimum Gasteiger partial charge on any atom is -0.389 e. The third kappa shape index (κ3) is 4.07. The highest BCUT2D eigenvalue weighted by Gasteiger charge is 2.41. The molecule has 2 fully saturated rings. The van der Waals surface area contributed by atoms with Gasteiger partial charge in [0.25, 0.3) is 0 Å². The molecule has 2 heterocycles. The van der Waals surface area contributed by atoms with Crippen LogP contribution in [0.1, 0.15) is 31.2 Å². The zero-order valence-electron chi connectivity index (χ0n) is 14.9. The van der Waals surface area contributed by atoms with Crippen LogP contribution in [-0.2, 0) is 21.2 Å². The Kier molecular flexibility index (Phi) is 5.37. The van der Waals surface area contributed by atoms with Crippen LogP contribution in [0.15, 0.2) is 24.3 Å². The van der Waals surface area contributed by atoms with E-state index in [-0.39, 0.29) is 18.1 Å². The lowest BCUT2D eigenvalue weighted by Crippen LogP contribution is -2.53. The standard InChI is InChI=1S/C18H25FN2O4S/c1-26(24,25)21-10-4-7-16(21)17(22)20-11-8-18(23,9-12-20)13-14-5-2-3-6-15(14)19/h2-3,5-6,16,23H,4,7-13H2,1H3. The first kappa shape index (κ1) is 19.3. The molecule has 1 N–H and O–H groups in total. The van der Waals surface area contributed by atoms with E-state index in [1.54, 1.807) is 23.1 Å². The lowest BCUT2D eigenvalue weighted by molar-refractivity contribution is -0.138. The third-order valence-electron chi connectivity index (χ3n) is 5.40. The molecule has 0 bridgehead atoms. The van der Waals surface area contributed by atoms with E-state index in [1.165, 1.54) is 10.4 Å². The van der Waals surface area contributed by atoms with Crippen molar-refractivity contribution in [2.45, 2.75) is 43.7 Å². The van der Waals surface area contributed by atoms with Gasteiger partial charge in [-0.3, -0.25) is 4.79 Å². The maximum atomic E-state index is 13.8. The molecule has 3 rings (SSSR count). The average Bonchev–Trinajstić information content (AvgIpc) is 3.07. The minimum atomic E-state index is -3.41. The number of nitrogens with zero attached hydrogens (tertiary/aromatic N) is 2. The number of piperidine rings is 1. The number of carbonyl (C=O) groups is 1. The predicted octanol–water partition coefficient (Wildman–Crippen LogP) is 1.15. The Balaban J connectivity index is 1.63. The summed E-state index contributed by atoms with van der Waals surface area (Å²) in [5.41, 5.74) is -0.584. The quantitative estimate of drug-likeness (QED) is 0.845. The van der Waals surface area contributed by atoms with Crippen LogP contribution < -0.4 is 0 Å². The van der Waals surface area contributed by atoms with Crippen molar-refractivity contribution in [3.05, 3.63) is 35.6 Å². The molecule has 0 aliphatic carbocycles. The Labute approximate surface area is 153 Å². The SMILES string of the molecule is CS(=O)(=O)N1CCCC1C(=O)N1CCC(O)(Cc2ccccc2F)CC1. The van der Waals surface area contributed by atoms with E-state index in [1.807, 2.05) is 0 Å². The van der Waals surface area contributed by atoms with Crippen molar-refractivity contribution in [2.24, 2.45) is 0 Å². The number of amides is 1. The molecule has 1 unspecified atom stereocenters. The van der Waals surface area contributed by atoms with Crippen molar-refractivity contribution in [1.29, 1.82) is 0 Å². The number of carbonyl (C=O) groups excluding carboxylic acids is 1. The molecule has 1 atom stereocenters. The molecule has 0 radical (unpaired) electrons. The van der Waals surface area contributed by atoms with Gasteiger partial charge in [-0.05, 0) is 37.3 Å². The van der Waals surface area contributed by atoms with Gasteiger partial charge in [-0.15, -0.1) is 0 Å². The van der Waals surface area contributed by atoms with Crippen molar-refractivity contribution >= 4 is 15.9 Å². The summed E-state index contributed by atoms with van der Waals surface area (Å²) in [6, 6.07) is 5.74. The fraction of sp³-hybridized carbons (Fsp3) is 0.611. The smallest absolute Gasteiger partial charge is 0.241 e. The average molecular weight is 384 g/mol. The van der Waals surface area contributed by atoms with Gasteiger partial charge >= 0.3 is 0 Å². The van der Waals surface area contributed by atoms with Gasteiger partial charge in [-0.1, -0.05) is 18.2 Å². The molecule has 2 saturated heterocycles. The van der Waals surface area contributed by atoms with Gasteiger partial charge in [0.2, 0.25) is 15.9 Å². The highest BCUT2D eigenvalue weighted by Crippen LogP contribution is 2.29. The zero-order valence-corrected chi connectivity index (χ0v) is 15.7. The normalized spacial score (nSPS) is 24.0. The largest absolute Gasteiger partial charge is 0.389 e. The second-order valence-corrected chi connectivity index (χ2v) is 9.28. The van der Waals surface area contributed by atoms with E-state index >= 15 is 0 Å². The Bertz CT molecular complexity index is 775. The van der Waals surface area contributed by atoms with Crippen molar-refractivity contribution in [3.8, 4) is 0 Å². The Hall–Kier alpha value is -1.51. The van der Waals surface area contributed by atoms with Crippen LogP contribution in [0.4, 0.5) is 4.39 Å². The highest BCUT2D eigenvalue weighted by molar-refractivity contribution is 7.88. The number of likely N-dealkylation sites (tertiary alicyclic amines) is 1. The fourth-order valence-corrected chi connectivity index (χ4v) is 5.03. The van der Waals surface area contributed by atoms with Crippen LogP contribution in [0.5, 0.6) is 0 Å². The molecule has 2 aliphatic heterocycles. The van der Waals surface area contributed by atoms with Crippen LogP contribution >= 0.6 is 0 Å². The monoisotopic (exact) mass is 384 g/mol. The zero-order chi connectivity index (χ0) is 18.9. The molecule has 0 aromatic heterocycles. The van der Waals surface area contributed by atoms with E-state index in [0.717, 1.165) is 6.26 Å². The number of rotatable bonds is 4. The Morgan fingerprint density at radius 2 is 1.92 bits per heavy atom. The van der Waals surface area contributed by atoms with Gasteiger partial charge in [0.15, 0.2) is 0 Å². The molecule has 26 heavy (non-hydrogen) atoms. The molecule has 8 heteroatoms. The first-order chi connectivity index (χ1) is 12.2. The first-order valence-electron chi connectivity index (χ1n) is 8.91. The Morgan fingerprint density at radius 3 is 2.54 bits per heavy atom. The molecular formula is C18H25FN2O4S. The molecule has 1 aromatic carbocycles. The highest BCUT2D eigenvalue weighted by atomic mass is 32.2. The van der Waals surface area contributed by atoms with Crippen LogP contribution in [0, 0.1) is 5.82 Å². The minimum absolute atomic E-state index is 0.194. The van der Waals surface area contributed by atoms with Gasteiger partial charge in [-0.2, -0.15) is 4.31 Å². The third-order valence-corrected chi connectivity index (χ3v) is 6.69. The first-order valence-corrected chi connectivity index (χ1v) is 10.8. The molecule has 2 aliphatic rings. The number of halogens is 1. The number of sulfonamides is 1. The molecular weight excluding hydrogens is 359 g/mol.